The minimum atomic E-state index is -1.07. The quantitative estimate of drug-likeness (QED) is 0.427. The Bertz CT molecular complexity index is 912. The maximum absolute atomic E-state index is 11.9. The Kier molecular flexibility index (Phi) is 7.65. The molecule has 2 aliphatic rings. The summed E-state index contributed by atoms with van der Waals surface area (Å²) in [7, 11) is 4.46. The molecule has 11 nitrogen and oxygen atoms in total. The van der Waals surface area contributed by atoms with E-state index in [1.165, 1.54) is 42.1 Å². The van der Waals surface area contributed by atoms with Crippen LogP contribution in [-0.2, 0) is 44.7 Å². The second-order valence-corrected chi connectivity index (χ2v) is 7.54. The van der Waals surface area contributed by atoms with E-state index in [1.807, 2.05) is 0 Å². The van der Waals surface area contributed by atoms with Gasteiger partial charge in [0.1, 0.15) is 24.9 Å². The van der Waals surface area contributed by atoms with Gasteiger partial charge in [0, 0.05) is 26.3 Å². The minimum Gasteiger partial charge on any atom is -0.493 e. The number of hydrogen-bond acceptors (Lipinski definition) is 11. The molecule has 1 fully saturated rings. The summed E-state index contributed by atoms with van der Waals surface area (Å²) in [5.74, 6) is -0.605. The highest BCUT2D eigenvalue weighted by Crippen LogP contribution is 2.51. The summed E-state index contributed by atoms with van der Waals surface area (Å²) in [5.41, 5.74) is 1.32. The van der Waals surface area contributed by atoms with Gasteiger partial charge in [-0.05, 0) is 11.6 Å². The van der Waals surface area contributed by atoms with Gasteiger partial charge in [-0.1, -0.05) is 0 Å². The van der Waals surface area contributed by atoms with Crippen molar-refractivity contribution in [1.82, 2.24) is 0 Å². The number of fused-ring (bicyclic) bond motifs is 3. The molecule has 2 heterocycles. The van der Waals surface area contributed by atoms with Crippen LogP contribution >= 0.6 is 0 Å². The van der Waals surface area contributed by atoms with Crippen molar-refractivity contribution in [2.75, 3.05) is 27.9 Å². The summed E-state index contributed by atoms with van der Waals surface area (Å²) in [4.78, 5) is 35.2. The molecule has 0 amide bonds. The maximum Gasteiger partial charge on any atom is 0.303 e. The van der Waals surface area contributed by atoms with E-state index in [0.717, 1.165) is 0 Å². The molecule has 0 saturated carbocycles. The number of ether oxygens (including phenoxy) is 8. The van der Waals surface area contributed by atoms with Crippen LogP contribution in [0, 0.1) is 0 Å². The van der Waals surface area contributed by atoms with Crippen molar-refractivity contribution in [1.29, 1.82) is 0 Å². The number of rotatable bonds is 7. The number of esters is 3. The van der Waals surface area contributed by atoms with Crippen molar-refractivity contribution in [3.8, 4) is 17.2 Å². The first-order valence-corrected chi connectivity index (χ1v) is 10.3. The molecule has 3 rings (SSSR count). The molecular weight excluding hydrogens is 440 g/mol. The van der Waals surface area contributed by atoms with Gasteiger partial charge in [-0.15, -0.1) is 0 Å². The number of carbonyl (C=O) groups excluding carboxylic acids is 3. The molecule has 0 unspecified atom stereocenters. The van der Waals surface area contributed by atoms with Gasteiger partial charge in [0.2, 0.25) is 5.75 Å². The molecule has 0 spiro atoms. The normalized spacial score (nSPS) is 25.7. The van der Waals surface area contributed by atoms with Crippen LogP contribution in [-0.4, -0.2) is 70.3 Å². The Morgan fingerprint density at radius 2 is 1.55 bits per heavy atom. The predicted octanol–water partition coefficient (Wildman–Crippen LogP) is 1.48. The van der Waals surface area contributed by atoms with Gasteiger partial charge in [0.05, 0.1) is 27.9 Å². The van der Waals surface area contributed by atoms with Gasteiger partial charge < -0.3 is 37.9 Å². The Balaban J connectivity index is 2.12. The van der Waals surface area contributed by atoms with Crippen LogP contribution in [0.4, 0.5) is 0 Å². The zero-order chi connectivity index (χ0) is 24.3. The summed E-state index contributed by atoms with van der Waals surface area (Å²) in [6.07, 6.45) is -4.71. The first-order chi connectivity index (χ1) is 15.7. The lowest BCUT2D eigenvalue weighted by Gasteiger charge is -2.47. The summed E-state index contributed by atoms with van der Waals surface area (Å²) >= 11 is 0. The molecule has 0 radical (unpaired) electrons. The third-order valence-electron chi connectivity index (χ3n) is 5.36. The summed E-state index contributed by atoms with van der Waals surface area (Å²) in [6.45, 7) is 3.59. The Hall–Kier alpha value is -3.05. The van der Waals surface area contributed by atoms with Crippen molar-refractivity contribution >= 4 is 17.9 Å². The number of benzene rings is 1. The lowest BCUT2D eigenvalue weighted by Crippen LogP contribution is -2.60. The van der Waals surface area contributed by atoms with Crippen LogP contribution in [0.15, 0.2) is 6.07 Å². The van der Waals surface area contributed by atoms with Gasteiger partial charge >= 0.3 is 17.9 Å². The highest BCUT2D eigenvalue weighted by molar-refractivity contribution is 5.68. The zero-order valence-electron chi connectivity index (χ0n) is 19.4. The number of hydrogen-bond donors (Lipinski definition) is 0. The topological polar surface area (TPSA) is 125 Å². The average Bonchev–Trinajstić information content (AvgIpc) is 2.76. The van der Waals surface area contributed by atoms with Gasteiger partial charge in [-0.2, -0.15) is 0 Å². The molecule has 0 bridgehead atoms. The number of carbonyl (C=O) groups is 3. The predicted molar refractivity (Wildman–Crippen MR) is 110 cm³/mol. The molecule has 0 aliphatic carbocycles. The smallest absolute Gasteiger partial charge is 0.303 e. The summed E-state index contributed by atoms with van der Waals surface area (Å²) in [6, 6.07) is 1.75. The van der Waals surface area contributed by atoms with E-state index in [0.29, 0.717) is 28.4 Å². The second kappa shape index (κ2) is 10.3. The van der Waals surface area contributed by atoms with E-state index in [2.05, 4.69) is 0 Å². The van der Waals surface area contributed by atoms with Crippen LogP contribution in [0.3, 0.4) is 0 Å². The van der Waals surface area contributed by atoms with Crippen LogP contribution in [0.5, 0.6) is 17.2 Å². The van der Waals surface area contributed by atoms with Gasteiger partial charge in [0.25, 0.3) is 0 Å². The highest BCUT2D eigenvalue weighted by atomic mass is 16.6. The molecule has 2 aliphatic heterocycles. The minimum absolute atomic E-state index is 0.121. The van der Waals surface area contributed by atoms with Crippen molar-refractivity contribution in [2.45, 2.75) is 57.9 Å². The molecule has 0 N–H and O–H groups in total. The van der Waals surface area contributed by atoms with Crippen molar-refractivity contribution in [3.05, 3.63) is 17.2 Å². The van der Waals surface area contributed by atoms with Crippen LogP contribution in [0.25, 0.3) is 0 Å². The van der Waals surface area contributed by atoms with E-state index in [9.17, 15) is 14.4 Å². The fourth-order valence-corrected chi connectivity index (χ4v) is 4.17. The Morgan fingerprint density at radius 1 is 0.909 bits per heavy atom. The lowest BCUT2D eigenvalue weighted by molar-refractivity contribution is -0.265. The average molecular weight is 468 g/mol. The molecule has 0 aromatic heterocycles. The van der Waals surface area contributed by atoms with E-state index >= 15 is 0 Å². The van der Waals surface area contributed by atoms with E-state index in [1.54, 1.807) is 6.07 Å². The van der Waals surface area contributed by atoms with E-state index in [-0.39, 0.29) is 13.2 Å². The molecule has 33 heavy (non-hydrogen) atoms. The monoisotopic (exact) mass is 468 g/mol. The zero-order valence-corrected chi connectivity index (χ0v) is 19.4. The Morgan fingerprint density at radius 3 is 2.09 bits per heavy atom. The molecular formula is C22H28O11. The fourth-order valence-electron chi connectivity index (χ4n) is 4.17. The molecule has 1 saturated heterocycles. The molecule has 1 aromatic carbocycles. The van der Waals surface area contributed by atoms with Crippen molar-refractivity contribution in [3.63, 3.8) is 0 Å². The largest absolute Gasteiger partial charge is 0.493 e. The SMILES string of the molecule is COc1cc2c(c(OC)c1OC)[C@H]1O[C@H](COC(C)=O)[C@@H](OC(C)=O)[C@H](OC(C)=O)[C@H]1OC2. The van der Waals surface area contributed by atoms with Crippen LogP contribution < -0.4 is 14.2 Å². The first kappa shape index (κ1) is 24.6. The number of methoxy groups -OCH3 is 3. The van der Waals surface area contributed by atoms with Crippen LogP contribution in [0.1, 0.15) is 38.0 Å². The highest BCUT2D eigenvalue weighted by Gasteiger charge is 2.54. The summed E-state index contributed by atoms with van der Waals surface area (Å²) < 4.78 is 45.0. The summed E-state index contributed by atoms with van der Waals surface area (Å²) in [5, 5.41) is 0. The standard InChI is InChI=1S/C22H28O11/c1-10(23)29-9-15-18(31-11(2)24)22(32-12(3)25)21-20(33-15)16-13(8-30-21)7-14(26-4)17(27-5)19(16)28-6/h7,15,18,20-22H,8-9H2,1-6H3/t15-,18-,20-,21+,22+/m1/s1. The lowest BCUT2D eigenvalue weighted by atomic mass is 9.86. The van der Waals surface area contributed by atoms with E-state index in [4.69, 9.17) is 37.9 Å². The van der Waals surface area contributed by atoms with Crippen molar-refractivity contribution in [2.24, 2.45) is 0 Å². The molecule has 1 aromatic rings. The Labute approximate surface area is 191 Å². The molecule has 182 valence electrons. The fraction of sp³-hybridized carbons (Fsp3) is 0.591. The van der Waals surface area contributed by atoms with Crippen LogP contribution in [0.2, 0.25) is 0 Å². The third kappa shape index (κ3) is 4.98. The van der Waals surface area contributed by atoms with Gasteiger partial charge in [-0.25, -0.2) is 0 Å². The first-order valence-electron chi connectivity index (χ1n) is 10.3. The molecule has 5 atom stereocenters. The third-order valence-corrected chi connectivity index (χ3v) is 5.36. The maximum atomic E-state index is 11.9. The van der Waals surface area contributed by atoms with Gasteiger partial charge in [0.15, 0.2) is 23.7 Å². The van der Waals surface area contributed by atoms with Crippen molar-refractivity contribution < 1.29 is 52.3 Å². The van der Waals surface area contributed by atoms with Gasteiger partial charge in [-0.3, -0.25) is 14.4 Å². The second-order valence-electron chi connectivity index (χ2n) is 7.54. The van der Waals surface area contributed by atoms with E-state index < -0.39 is 48.4 Å². The molecule has 11 heteroatoms.